The van der Waals surface area contributed by atoms with Gasteiger partial charge in [-0.05, 0) is 67.7 Å². The molecule has 0 spiro atoms. The number of aryl methyl sites for hydroxylation is 2. The second-order valence-corrected chi connectivity index (χ2v) is 6.96. The van der Waals surface area contributed by atoms with Crippen molar-refractivity contribution in [3.63, 3.8) is 0 Å². The van der Waals surface area contributed by atoms with Crippen molar-refractivity contribution in [3.8, 4) is 11.5 Å². The highest BCUT2D eigenvalue weighted by Gasteiger charge is 2.07. The summed E-state index contributed by atoms with van der Waals surface area (Å²) in [5.74, 6) is 0.945. The lowest BCUT2D eigenvalue weighted by molar-refractivity contribution is 0.241. The van der Waals surface area contributed by atoms with E-state index < -0.39 is 0 Å². The molecule has 142 valence electrons. The molecule has 0 atom stereocenters. The quantitative estimate of drug-likeness (QED) is 0.367. The average Bonchev–Trinajstić information content (AvgIpc) is 3.04. The zero-order valence-corrected chi connectivity index (χ0v) is 16.0. The first-order chi connectivity index (χ1) is 13.0. The fourth-order valence-electron chi connectivity index (χ4n) is 2.49. The van der Waals surface area contributed by atoms with E-state index in [0.717, 1.165) is 27.0 Å². The summed E-state index contributed by atoms with van der Waals surface area (Å²) >= 11 is 1.30. The van der Waals surface area contributed by atoms with Gasteiger partial charge in [0.25, 0.3) is 0 Å². The number of urea groups is 1. The molecule has 0 saturated heterocycles. The number of fused-ring (bicyclic) bond motifs is 1. The summed E-state index contributed by atoms with van der Waals surface area (Å²) < 4.78 is 9.94. The van der Waals surface area contributed by atoms with Crippen LogP contribution in [-0.2, 0) is 0 Å². The number of anilines is 1. The molecule has 1 aromatic heterocycles. The number of nitrogens with one attached hydrogen (secondary N) is 3. The minimum Gasteiger partial charge on any atom is -0.508 e. The van der Waals surface area contributed by atoms with Gasteiger partial charge in [-0.25, -0.2) is 4.79 Å². The third-order valence-electron chi connectivity index (χ3n) is 3.97. The van der Waals surface area contributed by atoms with Gasteiger partial charge in [-0.1, -0.05) is 11.6 Å². The fourth-order valence-corrected chi connectivity index (χ4v) is 3.19. The van der Waals surface area contributed by atoms with Crippen LogP contribution in [0.5, 0.6) is 11.5 Å². The van der Waals surface area contributed by atoms with Crippen molar-refractivity contribution in [2.45, 2.75) is 20.3 Å². The molecule has 3 rings (SSSR count). The van der Waals surface area contributed by atoms with E-state index in [0.29, 0.717) is 25.3 Å². The molecule has 0 aliphatic rings. The number of rotatable bonds is 7. The summed E-state index contributed by atoms with van der Waals surface area (Å²) in [5.41, 5.74) is 8.34. The minimum atomic E-state index is -0.315. The lowest BCUT2D eigenvalue weighted by Gasteiger charge is -2.10. The number of carbonyl (C=O) groups is 1. The Labute approximate surface area is 161 Å². The van der Waals surface area contributed by atoms with E-state index in [1.165, 1.54) is 11.5 Å². The highest BCUT2D eigenvalue weighted by atomic mass is 32.1. The lowest BCUT2D eigenvalue weighted by atomic mass is 10.2. The van der Waals surface area contributed by atoms with Gasteiger partial charge in [-0.2, -0.15) is 4.37 Å². The average molecular weight is 386 g/mol. The van der Waals surface area contributed by atoms with Gasteiger partial charge in [0, 0.05) is 11.9 Å². The van der Waals surface area contributed by atoms with E-state index in [9.17, 15) is 9.90 Å². The summed E-state index contributed by atoms with van der Waals surface area (Å²) in [7, 11) is 0. The first-order valence-corrected chi connectivity index (χ1v) is 9.38. The van der Waals surface area contributed by atoms with Crippen LogP contribution >= 0.6 is 11.5 Å². The van der Waals surface area contributed by atoms with Crippen LogP contribution in [0.3, 0.4) is 0 Å². The van der Waals surface area contributed by atoms with Crippen molar-refractivity contribution in [2.24, 2.45) is 0 Å². The van der Waals surface area contributed by atoms with Crippen LogP contribution in [0.1, 0.15) is 17.5 Å². The van der Waals surface area contributed by atoms with Gasteiger partial charge < -0.3 is 15.2 Å². The molecule has 0 aliphatic carbocycles. The van der Waals surface area contributed by atoms with Crippen LogP contribution in [0.15, 0.2) is 36.4 Å². The first-order valence-electron chi connectivity index (χ1n) is 8.61. The Hall–Kier alpha value is -3.00. The molecule has 4 N–H and O–H groups in total. The van der Waals surface area contributed by atoms with Gasteiger partial charge in [0.1, 0.15) is 16.5 Å². The Kier molecular flexibility index (Phi) is 5.97. The molecule has 0 bridgehead atoms. The molecule has 0 aliphatic heterocycles. The number of phenols is 1. The molecule has 8 heteroatoms. The number of phenolic OH excluding ortho intramolecular Hbond substituents is 1. The highest BCUT2D eigenvalue weighted by Crippen LogP contribution is 2.27. The van der Waals surface area contributed by atoms with Crippen molar-refractivity contribution < 1.29 is 14.6 Å². The monoisotopic (exact) mass is 386 g/mol. The third-order valence-corrected chi connectivity index (χ3v) is 4.76. The number of aromatic hydroxyl groups is 1. The maximum absolute atomic E-state index is 11.9. The molecule has 1 heterocycles. The zero-order chi connectivity index (χ0) is 19.2. The molecule has 3 aromatic rings. The number of ether oxygens (including phenoxy) is 1. The molecule has 0 unspecified atom stereocenters. The number of aromatic nitrogens is 1. The smallest absolute Gasteiger partial charge is 0.333 e. The van der Waals surface area contributed by atoms with Crippen molar-refractivity contribution in [1.82, 2.24) is 15.1 Å². The molecule has 0 radical (unpaired) electrons. The van der Waals surface area contributed by atoms with E-state index in [2.05, 4.69) is 20.5 Å². The molecular formula is C19H22N4O3S. The molecule has 7 nitrogen and oxygen atoms in total. The van der Waals surface area contributed by atoms with Crippen LogP contribution in [0.2, 0.25) is 0 Å². The zero-order valence-electron chi connectivity index (χ0n) is 15.2. The second-order valence-electron chi connectivity index (χ2n) is 6.19. The van der Waals surface area contributed by atoms with E-state index in [1.54, 1.807) is 18.2 Å². The summed E-state index contributed by atoms with van der Waals surface area (Å²) in [4.78, 5) is 11.9. The number of benzene rings is 2. The van der Waals surface area contributed by atoms with Gasteiger partial charge in [-0.15, -0.1) is 0 Å². The second kappa shape index (κ2) is 8.59. The molecule has 2 aromatic carbocycles. The van der Waals surface area contributed by atoms with E-state index in [-0.39, 0.29) is 11.8 Å². The Morgan fingerprint density at radius 3 is 2.89 bits per heavy atom. The summed E-state index contributed by atoms with van der Waals surface area (Å²) in [6.45, 7) is 4.78. The number of carbonyl (C=O) groups excluding carboxylic acids is 1. The van der Waals surface area contributed by atoms with Gasteiger partial charge in [0.05, 0.1) is 12.1 Å². The first kappa shape index (κ1) is 18.8. The predicted octanol–water partition coefficient (Wildman–Crippen LogP) is 3.71. The molecule has 0 saturated carbocycles. The fraction of sp³-hybridized carbons (Fsp3) is 0.263. The summed E-state index contributed by atoms with van der Waals surface area (Å²) in [5, 5.41) is 14.0. The standard InChI is InChI=1S/C19H22N4O3S/c1-12-4-6-16-15(10-12)18(27-23-16)21-22-19(25)20-8-3-9-26-14-5-7-17(24)13(2)11-14/h4-7,10-11,21,24H,3,8-9H2,1-2H3,(H2,20,22,25). The van der Waals surface area contributed by atoms with E-state index in [1.807, 2.05) is 32.0 Å². The van der Waals surface area contributed by atoms with Crippen LogP contribution < -0.4 is 20.9 Å². The minimum absolute atomic E-state index is 0.247. The maximum atomic E-state index is 11.9. The van der Waals surface area contributed by atoms with Gasteiger partial charge in [0.15, 0.2) is 0 Å². The molecule has 0 fully saturated rings. The van der Waals surface area contributed by atoms with Crippen LogP contribution in [0.25, 0.3) is 10.9 Å². The molecular weight excluding hydrogens is 364 g/mol. The third kappa shape index (κ3) is 5.01. The van der Waals surface area contributed by atoms with Gasteiger partial charge in [-0.3, -0.25) is 10.9 Å². The maximum Gasteiger partial charge on any atom is 0.333 e. The van der Waals surface area contributed by atoms with Crippen molar-refractivity contribution >= 4 is 33.5 Å². The SMILES string of the molecule is Cc1ccc2nsc(NNC(=O)NCCCOc3ccc(O)c(C)c3)c2c1. The Morgan fingerprint density at radius 1 is 1.22 bits per heavy atom. The number of hydrazine groups is 1. The van der Waals surface area contributed by atoms with Crippen molar-refractivity contribution in [2.75, 3.05) is 18.6 Å². The number of hydrogen-bond acceptors (Lipinski definition) is 6. The van der Waals surface area contributed by atoms with Crippen LogP contribution in [-0.4, -0.2) is 28.7 Å². The number of amides is 2. The normalized spacial score (nSPS) is 10.6. The lowest BCUT2D eigenvalue weighted by Crippen LogP contribution is -2.39. The molecule has 27 heavy (non-hydrogen) atoms. The van der Waals surface area contributed by atoms with Crippen molar-refractivity contribution in [3.05, 3.63) is 47.5 Å². The van der Waals surface area contributed by atoms with Crippen LogP contribution in [0, 0.1) is 13.8 Å². The predicted molar refractivity (Wildman–Crippen MR) is 107 cm³/mol. The van der Waals surface area contributed by atoms with Crippen LogP contribution in [0.4, 0.5) is 9.80 Å². The highest BCUT2D eigenvalue weighted by molar-refractivity contribution is 7.11. The topological polar surface area (TPSA) is 95.5 Å². The number of hydrogen-bond donors (Lipinski definition) is 4. The number of nitrogens with zero attached hydrogens (tertiary/aromatic N) is 1. The molecule has 2 amide bonds. The Bertz CT molecular complexity index is 942. The van der Waals surface area contributed by atoms with E-state index >= 15 is 0 Å². The Morgan fingerprint density at radius 2 is 2.07 bits per heavy atom. The van der Waals surface area contributed by atoms with Crippen molar-refractivity contribution in [1.29, 1.82) is 0 Å². The summed E-state index contributed by atoms with van der Waals surface area (Å²) in [6, 6.07) is 10.8. The Balaban J connectivity index is 1.37. The van der Waals surface area contributed by atoms with E-state index in [4.69, 9.17) is 4.74 Å². The van der Waals surface area contributed by atoms with Gasteiger partial charge in [0.2, 0.25) is 0 Å². The summed E-state index contributed by atoms with van der Waals surface area (Å²) in [6.07, 6.45) is 0.663. The largest absolute Gasteiger partial charge is 0.508 e. The van der Waals surface area contributed by atoms with Gasteiger partial charge >= 0.3 is 6.03 Å².